The van der Waals surface area contributed by atoms with Crippen molar-refractivity contribution in [3.05, 3.63) is 64.4 Å². The van der Waals surface area contributed by atoms with Gasteiger partial charge >= 0.3 is 0 Å². The third-order valence-electron chi connectivity index (χ3n) is 2.83. The topological polar surface area (TPSA) is 35.2 Å². The first-order valence-corrected chi connectivity index (χ1v) is 6.43. The molecule has 0 aliphatic rings. The lowest BCUT2D eigenvalue weighted by molar-refractivity contribution is 0.340. The summed E-state index contributed by atoms with van der Waals surface area (Å²) in [5.74, 6) is 0.387. The van der Waals surface area contributed by atoms with E-state index in [0.717, 1.165) is 11.3 Å². The summed E-state index contributed by atoms with van der Waals surface area (Å²) in [5.41, 5.74) is 7.74. The number of hydrogen-bond acceptors (Lipinski definition) is 2. The third-order valence-corrected chi connectivity index (χ3v) is 3.15. The van der Waals surface area contributed by atoms with Crippen molar-refractivity contribution in [3.63, 3.8) is 0 Å². The molecule has 2 rings (SSSR count). The fraction of sp³-hybridized carbons (Fsp3) is 0.200. The van der Waals surface area contributed by atoms with Gasteiger partial charge in [0.1, 0.15) is 11.6 Å². The Kier molecular flexibility index (Phi) is 4.40. The lowest BCUT2D eigenvalue weighted by Gasteiger charge is -2.15. The van der Waals surface area contributed by atoms with Crippen LogP contribution in [0.2, 0.25) is 5.02 Å². The van der Waals surface area contributed by atoms with Gasteiger partial charge in [-0.3, -0.25) is 0 Å². The molecule has 0 spiro atoms. The normalized spacial score (nSPS) is 12.2. The predicted molar refractivity (Wildman–Crippen MR) is 75.1 cm³/mol. The van der Waals surface area contributed by atoms with E-state index in [2.05, 4.69) is 0 Å². The number of halogens is 2. The Morgan fingerprint density at radius 1 is 1.26 bits per heavy atom. The Labute approximate surface area is 117 Å². The van der Waals surface area contributed by atoms with Crippen molar-refractivity contribution in [1.29, 1.82) is 0 Å². The molecule has 1 atom stereocenters. The van der Waals surface area contributed by atoms with E-state index < -0.39 is 6.04 Å². The average molecular weight is 280 g/mol. The number of nitrogens with two attached hydrogens (primary N) is 1. The van der Waals surface area contributed by atoms with E-state index in [1.54, 1.807) is 6.07 Å². The summed E-state index contributed by atoms with van der Waals surface area (Å²) in [4.78, 5) is 0. The molecule has 2 N–H and O–H groups in total. The number of benzene rings is 2. The first kappa shape index (κ1) is 13.8. The Bertz CT molecular complexity index is 574. The monoisotopic (exact) mass is 279 g/mol. The van der Waals surface area contributed by atoms with Crippen molar-refractivity contribution in [2.24, 2.45) is 5.73 Å². The van der Waals surface area contributed by atoms with Crippen LogP contribution < -0.4 is 10.5 Å². The molecule has 2 aromatic rings. The van der Waals surface area contributed by atoms with Crippen molar-refractivity contribution in [2.45, 2.75) is 13.0 Å². The first-order chi connectivity index (χ1) is 9.11. The zero-order valence-electron chi connectivity index (χ0n) is 10.6. The van der Waals surface area contributed by atoms with Gasteiger partial charge in [0.2, 0.25) is 0 Å². The molecule has 0 fully saturated rings. The molecule has 2 nitrogen and oxygen atoms in total. The van der Waals surface area contributed by atoms with Gasteiger partial charge in [0.15, 0.2) is 0 Å². The van der Waals surface area contributed by atoms with Crippen LogP contribution >= 0.6 is 11.6 Å². The van der Waals surface area contributed by atoms with E-state index in [0.29, 0.717) is 17.2 Å². The molecule has 0 aromatic heterocycles. The Morgan fingerprint density at radius 3 is 2.74 bits per heavy atom. The largest absolute Gasteiger partial charge is 0.494 e. The minimum Gasteiger partial charge on any atom is -0.494 e. The van der Waals surface area contributed by atoms with Crippen LogP contribution in [0.4, 0.5) is 4.39 Å². The van der Waals surface area contributed by atoms with Crippen LogP contribution in [-0.4, -0.2) is 6.61 Å². The lowest BCUT2D eigenvalue weighted by Crippen LogP contribution is -2.12. The standard InChI is InChI=1S/C15H15ClFNO/c1-2-19-12-5-3-4-10(8-12)15(18)13-7-6-11(17)9-14(13)16/h3-9,15H,2,18H2,1H3. The minimum absolute atomic E-state index is 0.328. The highest BCUT2D eigenvalue weighted by Crippen LogP contribution is 2.28. The van der Waals surface area contributed by atoms with Gasteiger partial charge in [-0.1, -0.05) is 29.8 Å². The van der Waals surface area contributed by atoms with Gasteiger partial charge in [-0.25, -0.2) is 4.39 Å². The highest BCUT2D eigenvalue weighted by molar-refractivity contribution is 6.31. The summed E-state index contributed by atoms with van der Waals surface area (Å²) in [7, 11) is 0. The van der Waals surface area contributed by atoms with Gasteiger partial charge in [0, 0.05) is 5.02 Å². The SMILES string of the molecule is CCOc1cccc(C(N)c2ccc(F)cc2Cl)c1. The smallest absolute Gasteiger partial charge is 0.124 e. The number of ether oxygens (including phenoxy) is 1. The van der Waals surface area contributed by atoms with Crippen molar-refractivity contribution >= 4 is 11.6 Å². The third kappa shape index (κ3) is 3.25. The summed E-state index contributed by atoms with van der Waals surface area (Å²) in [6, 6.07) is 11.3. The second kappa shape index (κ2) is 6.04. The van der Waals surface area contributed by atoms with E-state index in [4.69, 9.17) is 22.1 Å². The Morgan fingerprint density at radius 2 is 2.05 bits per heavy atom. The summed E-state index contributed by atoms with van der Waals surface area (Å²) in [6.45, 7) is 2.51. The zero-order valence-corrected chi connectivity index (χ0v) is 11.3. The van der Waals surface area contributed by atoms with Gasteiger partial charge in [-0.2, -0.15) is 0 Å². The van der Waals surface area contributed by atoms with Crippen LogP contribution in [0.1, 0.15) is 24.1 Å². The molecule has 0 amide bonds. The van der Waals surface area contributed by atoms with E-state index in [1.165, 1.54) is 12.1 Å². The lowest BCUT2D eigenvalue weighted by atomic mass is 9.99. The molecular formula is C15H15ClFNO. The molecular weight excluding hydrogens is 265 g/mol. The van der Waals surface area contributed by atoms with Crippen molar-refractivity contribution in [1.82, 2.24) is 0 Å². The average Bonchev–Trinajstić information content (AvgIpc) is 2.39. The summed E-state index contributed by atoms with van der Waals surface area (Å²) in [5, 5.41) is 0.328. The van der Waals surface area contributed by atoms with Gasteiger partial charge in [-0.05, 0) is 42.3 Å². The fourth-order valence-corrected chi connectivity index (χ4v) is 2.18. The molecule has 0 aliphatic carbocycles. The molecule has 1 unspecified atom stereocenters. The number of hydrogen-bond donors (Lipinski definition) is 1. The second-order valence-corrected chi connectivity index (χ2v) is 4.56. The van der Waals surface area contributed by atoms with Crippen molar-refractivity contribution < 1.29 is 9.13 Å². The van der Waals surface area contributed by atoms with Crippen molar-refractivity contribution in [2.75, 3.05) is 6.61 Å². The fourth-order valence-electron chi connectivity index (χ4n) is 1.90. The van der Waals surface area contributed by atoms with Gasteiger partial charge in [0.25, 0.3) is 0 Å². The minimum atomic E-state index is -0.409. The summed E-state index contributed by atoms with van der Waals surface area (Å²) in [6.07, 6.45) is 0. The molecule has 0 aliphatic heterocycles. The molecule has 4 heteroatoms. The predicted octanol–water partition coefficient (Wildman–Crippen LogP) is 3.93. The molecule has 0 saturated carbocycles. The summed E-state index contributed by atoms with van der Waals surface area (Å²) < 4.78 is 18.5. The Hall–Kier alpha value is -1.58. The highest BCUT2D eigenvalue weighted by Gasteiger charge is 2.13. The molecule has 0 radical (unpaired) electrons. The molecule has 0 heterocycles. The van der Waals surface area contributed by atoms with Crippen LogP contribution in [-0.2, 0) is 0 Å². The zero-order chi connectivity index (χ0) is 13.8. The first-order valence-electron chi connectivity index (χ1n) is 6.05. The maximum Gasteiger partial charge on any atom is 0.124 e. The molecule has 0 bridgehead atoms. The molecule has 2 aromatic carbocycles. The quantitative estimate of drug-likeness (QED) is 0.920. The maximum atomic E-state index is 13.0. The Balaban J connectivity index is 2.32. The van der Waals surface area contributed by atoms with Crippen molar-refractivity contribution in [3.8, 4) is 5.75 Å². The number of rotatable bonds is 4. The van der Waals surface area contributed by atoms with Crippen LogP contribution in [0, 0.1) is 5.82 Å². The highest BCUT2D eigenvalue weighted by atomic mass is 35.5. The van der Waals surface area contributed by atoms with E-state index in [9.17, 15) is 4.39 Å². The van der Waals surface area contributed by atoms with Gasteiger partial charge in [-0.15, -0.1) is 0 Å². The van der Waals surface area contributed by atoms with Crippen LogP contribution in [0.5, 0.6) is 5.75 Å². The van der Waals surface area contributed by atoms with Gasteiger partial charge < -0.3 is 10.5 Å². The van der Waals surface area contributed by atoms with E-state index >= 15 is 0 Å². The van der Waals surface area contributed by atoms with E-state index in [1.807, 2.05) is 31.2 Å². The second-order valence-electron chi connectivity index (χ2n) is 4.15. The van der Waals surface area contributed by atoms with E-state index in [-0.39, 0.29) is 5.82 Å². The van der Waals surface area contributed by atoms with Crippen LogP contribution in [0.25, 0.3) is 0 Å². The molecule has 0 saturated heterocycles. The van der Waals surface area contributed by atoms with Crippen LogP contribution in [0.15, 0.2) is 42.5 Å². The molecule has 100 valence electrons. The maximum absolute atomic E-state index is 13.0. The molecule has 19 heavy (non-hydrogen) atoms. The van der Waals surface area contributed by atoms with Gasteiger partial charge in [0.05, 0.1) is 12.6 Å². The van der Waals surface area contributed by atoms with Crippen LogP contribution in [0.3, 0.4) is 0 Å². The summed E-state index contributed by atoms with van der Waals surface area (Å²) >= 11 is 6.02.